The quantitative estimate of drug-likeness (QED) is 0.0111. The Morgan fingerprint density at radius 2 is 1.21 bits per heavy atom. The molecule has 4 rings (SSSR count). The maximum atomic E-state index is 13.6. The van der Waals surface area contributed by atoms with E-state index in [2.05, 4.69) is 87.0 Å². The Balaban J connectivity index is 0.000000793. The highest BCUT2D eigenvalue weighted by Gasteiger charge is 2.26. The van der Waals surface area contributed by atoms with Gasteiger partial charge in [0.1, 0.15) is 38.3 Å². The van der Waals surface area contributed by atoms with Crippen LogP contribution in [0.5, 0.6) is 0 Å². The van der Waals surface area contributed by atoms with Crippen LogP contribution in [0.2, 0.25) is 5.15 Å². The summed E-state index contributed by atoms with van der Waals surface area (Å²) in [6.07, 6.45) is 6.25. The average Bonchev–Trinajstić information content (AvgIpc) is 2.55. The summed E-state index contributed by atoms with van der Waals surface area (Å²) < 4.78 is 28.7. The van der Waals surface area contributed by atoms with E-state index >= 15 is 0 Å². The molecule has 2 aromatic carbocycles. The minimum Gasteiger partial charge on any atom is -0.411 e. The molecule has 27 nitrogen and oxygen atoms in total. The predicted molar refractivity (Wildman–Crippen MR) is 349 cm³/mol. The molecule has 0 bridgehead atoms. The lowest BCUT2D eigenvalue weighted by atomic mass is 9.94. The predicted octanol–water partition coefficient (Wildman–Crippen LogP) is 5.60. The number of tetrazole rings is 1. The Morgan fingerprint density at radius 1 is 0.681 bits per heavy atom. The minimum atomic E-state index is -0.857. The summed E-state index contributed by atoms with van der Waals surface area (Å²) in [5.41, 5.74) is 5.27. The largest absolute Gasteiger partial charge is 0.411 e. The number of H-pyrrole nitrogens is 1. The van der Waals surface area contributed by atoms with E-state index in [1.807, 2.05) is 108 Å². The number of aryl methyl sites for hydroxylation is 1. The number of amides is 5. The maximum absolute atomic E-state index is 13.6. The van der Waals surface area contributed by atoms with Gasteiger partial charge in [0.05, 0.1) is 74.4 Å². The van der Waals surface area contributed by atoms with Gasteiger partial charge in [-0.15, -0.1) is 10.2 Å². The van der Waals surface area contributed by atoms with Gasteiger partial charge >= 0.3 is 0 Å². The molecule has 1 unspecified atom stereocenters. The van der Waals surface area contributed by atoms with Crippen LogP contribution in [0, 0.1) is 11.8 Å². The van der Waals surface area contributed by atoms with Crippen molar-refractivity contribution >= 4 is 52.6 Å². The molecule has 4 aromatic rings. The van der Waals surface area contributed by atoms with Gasteiger partial charge in [-0.25, -0.2) is 4.98 Å². The zero-order valence-electron chi connectivity index (χ0n) is 55.3. The van der Waals surface area contributed by atoms with Crippen molar-refractivity contribution in [1.29, 1.82) is 0 Å². The topological polar surface area (TPSA) is 353 Å². The zero-order chi connectivity index (χ0) is 67.0. The summed E-state index contributed by atoms with van der Waals surface area (Å²) in [7, 11) is 0. The van der Waals surface area contributed by atoms with Gasteiger partial charge in [0.2, 0.25) is 35.4 Å². The van der Waals surface area contributed by atoms with E-state index in [0.29, 0.717) is 99.5 Å². The monoisotopic (exact) mass is 1300 g/mol. The number of unbranched alkanes of at least 4 members (excludes halogenated alkanes) is 1. The number of ether oxygens (including phenoxy) is 5. The third kappa shape index (κ3) is 30.8. The second kappa shape index (κ2) is 43.7. The van der Waals surface area contributed by atoms with Crippen LogP contribution in [0.4, 0.5) is 0 Å². The lowest BCUT2D eigenvalue weighted by Crippen LogP contribution is -2.48. The molecular formula is C63H102ClN15O12. The standard InChI is InChI=1S/C46H66ClN11O10.C17H36N4O2/c1-5-7-12-39-53-44(47)38(58(39)27-33-13-15-34(16-14-33)35-10-8-9-11-36(35)45-54-56-57-55-45)26-51-46(63)37(25-32(3)4)52-43(62)31-68-30-42(61)50-18-20-65-22-24-66-23-21-64-19-17-49-41(60)29-67-28-40(59)48-6-2;1-8-15(9-11-18-16(4,5)13(2)20-22)10-12-19-17(6,7)14(3)21-23/h8-11,13-16,32,37H,5-7,12,17-31H2,1-4H3,(H,48,59)(H,49,60)(H,50,61)(H,51,63)(H,52,62)(H,54,55,56,57);15,18-19,22-23H,8-12H2,1-7H3/b;20-13-,21-14-. The summed E-state index contributed by atoms with van der Waals surface area (Å²) in [4.78, 5) is 66.5. The minimum absolute atomic E-state index is 0.0792. The van der Waals surface area contributed by atoms with Crippen LogP contribution in [-0.4, -0.2) is 197 Å². The van der Waals surface area contributed by atoms with Crippen molar-refractivity contribution in [2.24, 2.45) is 22.1 Å². The Bertz CT molecular complexity index is 2780. The van der Waals surface area contributed by atoms with Crippen LogP contribution in [0.25, 0.3) is 22.5 Å². The molecule has 508 valence electrons. The van der Waals surface area contributed by atoms with Crippen LogP contribution in [0.1, 0.15) is 132 Å². The van der Waals surface area contributed by atoms with E-state index in [0.717, 1.165) is 73.3 Å². The third-order valence-corrected chi connectivity index (χ3v) is 15.2. The summed E-state index contributed by atoms with van der Waals surface area (Å²) in [5, 5.41) is 59.7. The van der Waals surface area contributed by atoms with E-state index in [4.69, 9.17) is 45.7 Å². The first kappa shape index (κ1) is 78.3. The summed E-state index contributed by atoms with van der Waals surface area (Å²) in [6, 6.07) is 15.2. The van der Waals surface area contributed by atoms with Gasteiger partial charge in [-0.1, -0.05) is 111 Å². The number of oxime groups is 2. The van der Waals surface area contributed by atoms with Gasteiger partial charge in [0.15, 0.2) is 5.15 Å². The second-order valence-electron chi connectivity index (χ2n) is 23.2. The lowest BCUT2D eigenvalue weighted by molar-refractivity contribution is -0.134. The van der Waals surface area contributed by atoms with E-state index in [-0.39, 0.29) is 74.2 Å². The van der Waals surface area contributed by atoms with Crippen molar-refractivity contribution < 1.29 is 58.1 Å². The SMILES string of the molecule is CCC(CCNC(C)(C)/C(C)=N\O)CCNC(C)(C)/C(C)=N\O.CCCCc1nc(Cl)c(CNC(=O)C(CC(C)C)NC(=O)COCC(=O)NCCOCCOCCOCCNC(=O)COCC(=O)NCC)n1Cc1ccc(-c2ccccc2-c2nn[nH]n2)cc1. The van der Waals surface area contributed by atoms with Gasteiger partial charge in [0, 0.05) is 38.2 Å². The Kier molecular flexibility index (Phi) is 37.6. The molecular weight excluding hydrogens is 1190 g/mol. The van der Waals surface area contributed by atoms with Gasteiger partial charge in [0.25, 0.3) is 0 Å². The molecule has 91 heavy (non-hydrogen) atoms. The number of rotatable bonds is 45. The number of nitrogens with zero attached hydrogens (tertiary/aromatic N) is 7. The molecule has 2 aromatic heterocycles. The van der Waals surface area contributed by atoms with Crippen LogP contribution in [0.3, 0.4) is 0 Å². The second-order valence-corrected chi connectivity index (χ2v) is 23.6. The molecule has 0 aliphatic heterocycles. The average molecular weight is 1300 g/mol. The number of carbonyl (C=O) groups excluding carboxylic acids is 5. The smallest absolute Gasteiger partial charge is 0.246 e. The number of halogens is 1. The molecule has 28 heteroatoms. The fraction of sp³-hybridized carbons (Fsp3) is 0.635. The molecule has 5 amide bonds. The first-order valence-corrected chi connectivity index (χ1v) is 31.8. The van der Waals surface area contributed by atoms with Crippen LogP contribution in [-0.2, 0) is 67.2 Å². The van der Waals surface area contributed by atoms with Crippen molar-refractivity contribution in [3.05, 3.63) is 70.8 Å². The van der Waals surface area contributed by atoms with Gasteiger partial charge in [-0.3, -0.25) is 24.0 Å². The van der Waals surface area contributed by atoms with Gasteiger partial charge in [-0.2, -0.15) is 5.21 Å². The van der Waals surface area contributed by atoms with Crippen LogP contribution >= 0.6 is 11.6 Å². The lowest BCUT2D eigenvalue weighted by Gasteiger charge is -2.28. The molecule has 0 radical (unpaired) electrons. The summed E-state index contributed by atoms with van der Waals surface area (Å²) in [6.45, 7) is 25.7. The van der Waals surface area contributed by atoms with Crippen molar-refractivity contribution in [2.75, 3.05) is 98.8 Å². The first-order valence-electron chi connectivity index (χ1n) is 31.4. The Hall–Kier alpha value is -6.98. The highest BCUT2D eigenvalue weighted by Crippen LogP contribution is 2.30. The van der Waals surface area contributed by atoms with Crippen molar-refractivity contribution in [2.45, 2.75) is 151 Å². The number of benzene rings is 2. The molecule has 0 saturated heterocycles. The fourth-order valence-corrected chi connectivity index (χ4v) is 9.19. The zero-order valence-corrected chi connectivity index (χ0v) is 56.1. The van der Waals surface area contributed by atoms with Crippen LogP contribution in [0.15, 0.2) is 58.8 Å². The summed E-state index contributed by atoms with van der Waals surface area (Å²) >= 11 is 6.74. The number of likely N-dealkylation sites (N-methyl/N-ethyl adjacent to an activating group) is 1. The van der Waals surface area contributed by atoms with E-state index in [1.165, 1.54) is 0 Å². The van der Waals surface area contributed by atoms with Crippen molar-refractivity contribution in [1.82, 2.24) is 67.4 Å². The number of imidazole rings is 1. The molecule has 1 atom stereocenters. The Morgan fingerprint density at radius 3 is 1.70 bits per heavy atom. The van der Waals surface area contributed by atoms with Crippen molar-refractivity contribution in [3.8, 4) is 22.5 Å². The molecule has 0 saturated carbocycles. The maximum Gasteiger partial charge on any atom is 0.246 e. The van der Waals surface area contributed by atoms with Crippen molar-refractivity contribution in [3.63, 3.8) is 0 Å². The molecule has 10 N–H and O–H groups in total. The normalized spacial score (nSPS) is 12.4. The molecule has 0 aliphatic rings. The van der Waals surface area contributed by atoms with E-state index < -0.39 is 24.5 Å². The van der Waals surface area contributed by atoms with Crippen LogP contribution < -0.4 is 37.2 Å². The van der Waals surface area contributed by atoms with E-state index in [1.54, 1.807) is 6.92 Å². The fourth-order valence-electron chi connectivity index (χ4n) is 8.92. The van der Waals surface area contributed by atoms with Gasteiger partial charge < -0.3 is 75.9 Å². The van der Waals surface area contributed by atoms with E-state index in [9.17, 15) is 24.0 Å². The number of carbonyl (C=O) groups is 5. The Labute approximate surface area is 541 Å². The molecule has 0 spiro atoms. The first-order chi connectivity index (χ1) is 43.6. The number of aromatic amines is 1. The number of hydrogen-bond donors (Lipinski definition) is 10. The number of hydrogen-bond acceptors (Lipinski definition) is 20. The number of aromatic nitrogens is 6. The molecule has 2 heterocycles. The highest BCUT2D eigenvalue weighted by atomic mass is 35.5. The van der Waals surface area contributed by atoms with Gasteiger partial charge in [-0.05, 0) is 121 Å². The molecule has 0 aliphatic carbocycles. The third-order valence-electron chi connectivity index (χ3n) is 14.9. The summed E-state index contributed by atoms with van der Waals surface area (Å²) in [5.74, 6) is 0.0544. The number of nitrogens with one attached hydrogen (secondary N) is 8. The molecule has 0 fully saturated rings. The highest BCUT2D eigenvalue weighted by molar-refractivity contribution is 6.30.